The normalized spacial score (nSPS) is 11.9. The molecule has 4 heteroatoms. The fourth-order valence-electron chi connectivity index (χ4n) is 1.54. The van der Waals surface area contributed by atoms with Gasteiger partial charge in [0.15, 0.2) is 0 Å². The zero-order chi connectivity index (χ0) is 13.4. The largest absolute Gasteiger partial charge is 0.497 e. The molecule has 1 rings (SSSR count). The Labute approximate surface area is 108 Å². The van der Waals surface area contributed by atoms with Crippen LogP contribution in [-0.4, -0.2) is 24.8 Å². The van der Waals surface area contributed by atoms with Crippen LogP contribution in [0.2, 0.25) is 0 Å². The highest BCUT2D eigenvalue weighted by molar-refractivity contribution is 5.69. The topological polar surface area (TPSA) is 55.8 Å². The van der Waals surface area contributed by atoms with Crippen molar-refractivity contribution in [2.75, 3.05) is 13.7 Å². The van der Waals surface area contributed by atoms with E-state index in [0.717, 1.165) is 17.7 Å². The van der Waals surface area contributed by atoms with Crippen LogP contribution < -0.4 is 4.74 Å². The summed E-state index contributed by atoms with van der Waals surface area (Å²) in [5, 5.41) is 9.91. The zero-order valence-corrected chi connectivity index (χ0v) is 10.9. The van der Waals surface area contributed by atoms with Crippen molar-refractivity contribution in [3.63, 3.8) is 0 Å². The first-order chi connectivity index (χ1) is 8.67. The minimum atomic E-state index is -0.648. The Balaban J connectivity index is 2.39. The number of carbonyl (C=O) groups is 1. The molecule has 1 aromatic carbocycles. The Hall–Kier alpha value is -1.55. The number of aliphatic hydroxyl groups is 1. The summed E-state index contributed by atoms with van der Waals surface area (Å²) in [5.74, 6) is 0.484. The number of hydrogen-bond donors (Lipinski definition) is 1. The van der Waals surface area contributed by atoms with E-state index in [4.69, 9.17) is 9.47 Å². The third-order valence-corrected chi connectivity index (χ3v) is 2.59. The van der Waals surface area contributed by atoms with Crippen LogP contribution >= 0.6 is 0 Å². The smallest absolute Gasteiger partial charge is 0.305 e. The van der Waals surface area contributed by atoms with Crippen molar-refractivity contribution in [1.29, 1.82) is 0 Å². The van der Waals surface area contributed by atoms with Crippen LogP contribution in [0.5, 0.6) is 5.75 Å². The van der Waals surface area contributed by atoms with Crippen molar-refractivity contribution < 1.29 is 19.4 Å². The summed E-state index contributed by atoms with van der Waals surface area (Å²) in [4.78, 5) is 11.3. The second-order valence-electron chi connectivity index (χ2n) is 4.05. The number of methoxy groups -OCH3 is 1. The van der Waals surface area contributed by atoms with Crippen molar-refractivity contribution in [3.05, 3.63) is 29.8 Å². The first kappa shape index (κ1) is 14.5. The monoisotopic (exact) mass is 252 g/mol. The molecule has 0 spiro atoms. The molecule has 0 aliphatic heterocycles. The molecule has 0 aromatic heterocycles. The number of rotatable bonds is 7. The van der Waals surface area contributed by atoms with Crippen molar-refractivity contribution in [1.82, 2.24) is 0 Å². The van der Waals surface area contributed by atoms with Crippen LogP contribution in [-0.2, 0) is 9.53 Å². The molecule has 0 saturated heterocycles. The minimum absolute atomic E-state index is 0.229. The van der Waals surface area contributed by atoms with E-state index in [1.807, 2.05) is 6.92 Å². The van der Waals surface area contributed by atoms with Crippen molar-refractivity contribution in [2.24, 2.45) is 0 Å². The molecule has 1 unspecified atom stereocenters. The predicted octanol–water partition coefficient (Wildman–Crippen LogP) is 2.46. The van der Waals surface area contributed by atoms with Gasteiger partial charge in [0.25, 0.3) is 0 Å². The van der Waals surface area contributed by atoms with Crippen LogP contribution in [0.15, 0.2) is 24.3 Å². The van der Waals surface area contributed by atoms with E-state index in [1.54, 1.807) is 31.4 Å². The van der Waals surface area contributed by atoms with Gasteiger partial charge in [0.05, 0.1) is 19.8 Å². The Bertz CT molecular complexity index is 359. The van der Waals surface area contributed by atoms with Crippen molar-refractivity contribution in [2.45, 2.75) is 32.3 Å². The van der Waals surface area contributed by atoms with Crippen molar-refractivity contribution >= 4 is 5.97 Å². The van der Waals surface area contributed by atoms with E-state index in [1.165, 1.54) is 0 Å². The third-order valence-electron chi connectivity index (χ3n) is 2.59. The summed E-state index contributed by atoms with van der Waals surface area (Å²) in [6.07, 6.45) is 0.763. The average molecular weight is 252 g/mol. The van der Waals surface area contributed by atoms with Gasteiger partial charge in [-0.1, -0.05) is 19.1 Å². The number of aliphatic hydroxyl groups excluding tert-OH is 1. The molecule has 0 heterocycles. The summed E-state index contributed by atoms with van der Waals surface area (Å²) in [6.45, 7) is 2.39. The molecular weight excluding hydrogens is 232 g/mol. The molecule has 0 fully saturated rings. The molecule has 1 atom stereocenters. The Kier molecular flexibility index (Phi) is 6.22. The number of benzene rings is 1. The molecule has 4 nitrogen and oxygen atoms in total. The molecule has 0 aliphatic carbocycles. The summed E-state index contributed by atoms with van der Waals surface area (Å²) in [5.41, 5.74) is 0.777. The highest BCUT2D eigenvalue weighted by Gasteiger charge is 2.11. The molecule has 0 aliphatic rings. The van der Waals surface area contributed by atoms with Gasteiger partial charge in [0.1, 0.15) is 5.75 Å². The third kappa shape index (κ3) is 4.75. The number of ether oxygens (including phenoxy) is 2. The molecule has 1 aromatic rings. The van der Waals surface area contributed by atoms with Gasteiger partial charge >= 0.3 is 5.97 Å². The summed E-state index contributed by atoms with van der Waals surface area (Å²) < 4.78 is 9.98. The van der Waals surface area contributed by atoms with Gasteiger partial charge in [-0.3, -0.25) is 4.79 Å². The van der Waals surface area contributed by atoms with E-state index < -0.39 is 6.10 Å². The van der Waals surface area contributed by atoms with Gasteiger partial charge < -0.3 is 14.6 Å². The van der Waals surface area contributed by atoms with Gasteiger partial charge in [0, 0.05) is 6.42 Å². The standard InChI is InChI=1S/C14H20O4/c1-3-10-18-14(16)9-8-13(15)11-4-6-12(17-2)7-5-11/h4-7,13,15H,3,8-10H2,1-2H3. The zero-order valence-electron chi connectivity index (χ0n) is 10.9. The van der Waals surface area contributed by atoms with E-state index in [2.05, 4.69) is 0 Å². The second kappa shape index (κ2) is 7.71. The van der Waals surface area contributed by atoms with Gasteiger partial charge in [-0.2, -0.15) is 0 Å². The molecule has 1 N–H and O–H groups in total. The first-order valence-electron chi connectivity index (χ1n) is 6.15. The lowest BCUT2D eigenvalue weighted by Crippen LogP contribution is -2.07. The van der Waals surface area contributed by atoms with Crippen molar-refractivity contribution in [3.8, 4) is 5.75 Å². The van der Waals surface area contributed by atoms with Gasteiger partial charge in [-0.05, 0) is 30.5 Å². The van der Waals surface area contributed by atoms with E-state index >= 15 is 0 Å². The Morgan fingerprint density at radius 2 is 2.00 bits per heavy atom. The fraction of sp³-hybridized carbons (Fsp3) is 0.500. The molecule has 0 amide bonds. The lowest BCUT2D eigenvalue weighted by molar-refractivity contribution is -0.144. The molecule has 18 heavy (non-hydrogen) atoms. The van der Waals surface area contributed by atoms with Crippen LogP contribution in [0, 0.1) is 0 Å². The van der Waals surface area contributed by atoms with Crippen LogP contribution in [0.4, 0.5) is 0 Å². The van der Waals surface area contributed by atoms with Crippen LogP contribution in [0.1, 0.15) is 37.9 Å². The summed E-state index contributed by atoms with van der Waals surface area (Å²) >= 11 is 0. The maximum atomic E-state index is 11.3. The highest BCUT2D eigenvalue weighted by atomic mass is 16.5. The molecule has 0 bridgehead atoms. The van der Waals surface area contributed by atoms with E-state index in [-0.39, 0.29) is 12.4 Å². The minimum Gasteiger partial charge on any atom is -0.497 e. The Morgan fingerprint density at radius 3 is 2.56 bits per heavy atom. The van der Waals surface area contributed by atoms with Crippen LogP contribution in [0.3, 0.4) is 0 Å². The second-order valence-corrected chi connectivity index (χ2v) is 4.05. The maximum Gasteiger partial charge on any atom is 0.305 e. The van der Waals surface area contributed by atoms with E-state index in [9.17, 15) is 9.90 Å². The molecule has 100 valence electrons. The number of esters is 1. The lowest BCUT2D eigenvalue weighted by Gasteiger charge is -2.11. The molecule has 0 radical (unpaired) electrons. The Morgan fingerprint density at radius 1 is 1.33 bits per heavy atom. The average Bonchev–Trinajstić information content (AvgIpc) is 2.42. The number of hydrogen-bond acceptors (Lipinski definition) is 4. The van der Waals surface area contributed by atoms with Crippen LogP contribution in [0.25, 0.3) is 0 Å². The van der Waals surface area contributed by atoms with Gasteiger partial charge in [-0.15, -0.1) is 0 Å². The predicted molar refractivity (Wildman–Crippen MR) is 68.4 cm³/mol. The molecule has 0 saturated carbocycles. The van der Waals surface area contributed by atoms with Gasteiger partial charge in [-0.25, -0.2) is 0 Å². The molecular formula is C14H20O4. The quantitative estimate of drug-likeness (QED) is 0.757. The van der Waals surface area contributed by atoms with E-state index in [0.29, 0.717) is 13.0 Å². The summed E-state index contributed by atoms with van der Waals surface area (Å²) in [6, 6.07) is 7.16. The SMILES string of the molecule is CCCOC(=O)CCC(O)c1ccc(OC)cc1. The maximum absolute atomic E-state index is 11.3. The number of carbonyl (C=O) groups excluding carboxylic acids is 1. The first-order valence-corrected chi connectivity index (χ1v) is 6.15. The van der Waals surface area contributed by atoms with Gasteiger partial charge in [0.2, 0.25) is 0 Å². The lowest BCUT2D eigenvalue weighted by atomic mass is 10.0. The fourth-order valence-corrected chi connectivity index (χ4v) is 1.54. The highest BCUT2D eigenvalue weighted by Crippen LogP contribution is 2.21. The summed E-state index contributed by atoms with van der Waals surface area (Å²) in [7, 11) is 1.59.